The third-order valence-corrected chi connectivity index (χ3v) is 9.99. The van der Waals surface area contributed by atoms with Crippen molar-refractivity contribution in [2.45, 2.75) is 0 Å². The fourth-order valence-electron chi connectivity index (χ4n) is 7.53. The molecule has 0 atom stereocenters. The fraction of sp³-hybridized carbons (Fsp3) is 0. The van der Waals surface area contributed by atoms with E-state index in [2.05, 4.69) is 34.9 Å². The highest BCUT2D eigenvalue weighted by molar-refractivity contribution is 6.12. The van der Waals surface area contributed by atoms with Gasteiger partial charge in [0.05, 0.1) is 33.2 Å². The summed E-state index contributed by atoms with van der Waals surface area (Å²) in [6.07, 6.45) is 0. The Morgan fingerprint density at radius 1 is 0.278 bits per heavy atom. The molecule has 0 bridgehead atoms. The molecule has 0 radical (unpaired) electrons. The van der Waals surface area contributed by atoms with E-state index in [1.807, 2.05) is 65.2 Å². The van der Waals surface area contributed by atoms with Crippen molar-refractivity contribution in [3.8, 4) is 91.1 Å². The minimum absolute atomic E-state index is 0.109. The van der Waals surface area contributed by atoms with Crippen LogP contribution in [-0.4, -0.2) is 60.2 Å². The predicted molar refractivity (Wildman–Crippen MR) is 203 cm³/mol. The van der Waals surface area contributed by atoms with Crippen molar-refractivity contribution in [3.05, 3.63) is 109 Å². The van der Waals surface area contributed by atoms with Crippen LogP contribution in [0.2, 0.25) is 0 Å². The Morgan fingerprint density at radius 3 is 1.04 bits per heavy atom. The van der Waals surface area contributed by atoms with Gasteiger partial charge in [-0.15, -0.1) is 0 Å². The summed E-state index contributed by atoms with van der Waals surface area (Å²) in [6.45, 7) is 0. The van der Waals surface area contributed by atoms with Gasteiger partial charge < -0.3 is 60.2 Å². The van der Waals surface area contributed by atoms with Gasteiger partial charge >= 0.3 is 0 Å². The largest absolute Gasteiger partial charge is 0.504 e. The van der Waals surface area contributed by atoms with E-state index in [1.165, 1.54) is 18.2 Å². The number of rotatable bonds is 4. The van der Waals surface area contributed by atoms with E-state index in [0.29, 0.717) is 11.0 Å². The van der Waals surface area contributed by atoms with Crippen LogP contribution in [0.5, 0.6) is 57.5 Å². The van der Waals surface area contributed by atoms with E-state index in [-0.39, 0.29) is 16.8 Å². The third kappa shape index (κ3) is 4.30. The molecule has 2 aromatic heterocycles. The normalized spacial score (nSPS) is 11.7. The van der Waals surface area contributed by atoms with E-state index >= 15 is 0 Å². The SMILES string of the molecule is Oc1c(O)c(O)c(-c2cc(-c3c(O)c(O)c(O)c(O)c3O)cc(-n3c4ccccc4c4cc(-n5c6ccccc6c6ccccc65)ccc43)c2)c(O)c1O. The van der Waals surface area contributed by atoms with Gasteiger partial charge in [0.2, 0.25) is 34.5 Å². The smallest absolute Gasteiger partial charge is 0.208 e. The van der Waals surface area contributed by atoms with Crippen LogP contribution in [0.3, 0.4) is 0 Å². The topological polar surface area (TPSA) is 212 Å². The summed E-state index contributed by atoms with van der Waals surface area (Å²) in [6, 6.07) is 33.9. The molecule has 2 heterocycles. The maximum Gasteiger partial charge on any atom is 0.208 e. The predicted octanol–water partition coefficient (Wildman–Crippen LogP) is 8.27. The minimum Gasteiger partial charge on any atom is -0.504 e. The van der Waals surface area contributed by atoms with E-state index in [0.717, 1.165) is 38.3 Å². The van der Waals surface area contributed by atoms with Gasteiger partial charge in [-0.1, -0.05) is 54.6 Å². The first-order valence-electron chi connectivity index (χ1n) is 16.5. The van der Waals surface area contributed by atoms with Crippen LogP contribution in [-0.2, 0) is 0 Å². The number of aromatic hydroxyl groups is 10. The Balaban J connectivity index is 1.37. The van der Waals surface area contributed by atoms with Crippen LogP contribution in [0.1, 0.15) is 0 Å². The minimum atomic E-state index is -1.17. The number of para-hydroxylation sites is 3. The van der Waals surface area contributed by atoms with Gasteiger partial charge in [-0.2, -0.15) is 0 Å². The van der Waals surface area contributed by atoms with Gasteiger partial charge in [-0.25, -0.2) is 0 Å². The lowest BCUT2D eigenvalue weighted by Crippen LogP contribution is -1.98. The third-order valence-electron chi connectivity index (χ3n) is 9.99. The van der Waals surface area contributed by atoms with Crippen LogP contribution < -0.4 is 0 Å². The highest BCUT2D eigenvalue weighted by Crippen LogP contribution is 2.58. The van der Waals surface area contributed by atoms with Crippen molar-refractivity contribution in [2.24, 2.45) is 0 Å². The molecule has 12 nitrogen and oxygen atoms in total. The monoisotopic (exact) mass is 720 g/mol. The summed E-state index contributed by atoms with van der Waals surface area (Å²) in [4.78, 5) is 0. The molecule has 12 heteroatoms. The van der Waals surface area contributed by atoms with E-state index in [1.54, 1.807) is 0 Å². The average Bonchev–Trinajstić information content (AvgIpc) is 3.70. The fourth-order valence-corrected chi connectivity index (χ4v) is 7.53. The highest BCUT2D eigenvalue weighted by atomic mass is 16.4. The molecule has 0 unspecified atom stereocenters. The quantitative estimate of drug-likeness (QED) is 0.0621. The zero-order chi connectivity index (χ0) is 37.7. The lowest BCUT2D eigenvalue weighted by atomic mass is 9.94. The molecule has 54 heavy (non-hydrogen) atoms. The van der Waals surface area contributed by atoms with Crippen molar-refractivity contribution in [3.63, 3.8) is 0 Å². The van der Waals surface area contributed by atoms with Crippen molar-refractivity contribution in [2.75, 3.05) is 0 Å². The molecular formula is C42H28N2O10. The van der Waals surface area contributed by atoms with Gasteiger partial charge in [0.15, 0.2) is 23.0 Å². The standard InChI is InChI=1S/C42H28N2O10/c45-33-31(34(46)38(50)41(53)37(33)49)19-15-20(32-35(47)39(51)42(54)40(52)36(32)48)17-22(16-19)44-29-12-6-3-9-25(29)26-18-21(13-14-30(26)44)43-27-10-4-1-7-23(27)24-8-2-5-11-28(24)43/h1-18,45-54H. The Hall–Kier alpha value is -7.86. The van der Waals surface area contributed by atoms with Gasteiger partial charge in [-0.05, 0) is 65.7 Å². The zero-order valence-electron chi connectivity index (χ0n) is 27.8. The van der Waals surface area contributed by atoms with E-state index in [9.17, 15) is 51.1 Å². The zero-order valence-corrected chi connectivity index (χ0v) is 27.8. The van der Waals surface area contributed by atoms with Crippen LogP contribution in [0.15, 0.2) is 109 Å². The first kappa shape index (κ1) is 32.1. The second kappa shape index (κ2) is 11.3. The molecule has 10 N–H and O–H groups in total. The van der Waals surface area contributed by atoms with Crippen LogP contribution in [0.4, 0.5) is 0 Å². The number of phenolic OH excluding ortho intramolecular Hbond substituents is 10. The molecule has 266 valence electrons. The highest BCUT2D eigenvalue weighted by Gasteiger charge is 2.29. The van der Waals surface area contributed by atoms with Gasteiger partial charge in [0, 0.05) is 32.9 Å². The number of nitrogens with zero attached hydrogens (tertiary/aromatic N) is 2. The lowest BCUT2D eigenvalue weighted by Gasteiger charge is -2.18. The maximum atomic E-state index is 11.0. The van der Waals surface area contributed by atoms with Crippen LogP contribution >= 0.6 is 0 Å². The number of fused-ring (bicyclic) bond motifs is 6. The number of phenols is 10. The molecule has 7 aromatic carbocycles. The van der Waals surface area contributed by atoms with Crippen molar-refractivity contribution in [1.29, 1.82) is 0 Å². The molecule has 9 aromatic rings. The summed E-state index contributed by atoms with van der Waals surface area (Å²) >= 11 is 0. The Morgan fingerprint density at radius 2 is 0.611 bits per heavy atom. The maximum absolute atomic E-state index is 11.0. The Labute approximate surface area is 303 Å². The van der Waals surface area contributed by atoms with Crippen LogP contribution in [0, 0.1) is 0 Å². The average molecular weight is 721 g/mol. The number of hydrogen-bond acceptors (Lipinski definition) is 10. The first-order valence-corrected chi connectivity index (χ1v) is 16.5. The molecule has 0 fully saturated rings. The van der Waals surface area contributed by atoms with E-state index in [4.69, 9.17) is 0 Å². The second-order valence-electron chi connectivity index (χ2n) is 12.9. The molecule has 0 aliphatic carbocycles. The lowest BCUT2D eigenvalue weighted by molar-refractivity contribution is 0.330. The Kier molecular flexibility index (Phi) is 6.72. The van der Waals surface area contributed by atoms with Crippen molar-refractivity contribution >= 4 is 43.6 Å². The molecule has 0 saturated carbocycles. The Bertz CT molecular complexity index is 2870. The molecule has 0 amide bonds. The second-order valence-corrected chi connectivity index (χ2v) is 12.9. The molecular weight excluding hydrogens is 692 g/mol. The summed E-state index contributed by atoms with van der Waals surface area (Å²) in [5.74, 6) is -10.9. The van der Waals surface area contributed by atoms with Crippen LogP contribution in [0.25, 0.3) is 77.2 Å². The summed E-state index contributed by atoms with van der Waals surface area (Å²) in [5, 5.41) is 110. The van der Waals surface area contributed by atoms with Gasteiger partial charge in [0.25, 0.3) is 0 Å². The summed E-state index contributed by atoms with van der Waals surface area (Å²) in [5.41, 5.74) is 3.27. The molecule has 0 aliphatic heterocycles. The first-order chi connectivity index (χ1) is 26.0. The summed E-state index contributed by atoms with van der Waals surface area (Å²) < 4.78 is 4.01. The molecule has 0 aliphatic rings. The summed E-state index contributed by atoms with van der Waals surface area (Å²) in [7, 11) is 0. The van der Waals surface area contributed by atoms with Gasteiger partial charge in [0.1, 0.15) is 0 Å². The molecule has 0 spiro atoms. The van der Waals surface area contributed by atoms with Crippen molar-refractivity contribution in [1.82, 2.24) is 9.13 Å². The van der Waals surface area contributed by atoms with E-state index < -0.39 is 68.6 Å². The van der Waals surface area contributed by atoms with Crippen molar-refractivity contribution < 1.29 is 51.1 Å². The van der Waals surface area contributed by atoms with Gasteiger partial charge in [-0.3, -0.25) is 0 Å². The number of hydrogen-bond donors (Lipinski definition) is 10. The molecule has 0 saturated heterocycles. The molecule has 9 rings (SSSR count). The number of benzene rings is 7. The number of aromatic nitrogens is 2.